The van der Waals surface area contributed by atoms with Crippen LogP contribution in [0.3, 0.4) is 0 Å². The fraction of sp³-hybridized carbons (Fsp3) is 0.400. The van der Waals surface area contributed by atoms with Crippen molar-refractivity contribution in [3.05, 3.63) is 71.3 Å². The van der Waals surface area contributed by atoms with Gasteiger partial charge in [0.25, 0.3) is 0 Å². The zero-order valence-corrected chi connectivity index (χ0v) is 17.9. The Bertz CT molecular complexity index is 633. The number of hydrogen-bond acceptors (Lipinski definition) is 2. The van der Waals surface area contributed by atoms with Crippen LogP contribution in [0.4, 0.5) is 8.78 Å². The molecule has 0 spiro atoms. The van der Waals surface area contributed by atoms with E-state index in [1.807, 2.05) is 24.3 Å². The molecule has 2 atom stereocenters. The number of rotatable bonds is 6. The molecule has 0 bridgehead atoms. The van der Waals surface area contributed by atoms with Gasteiger partial charge in [0.1, 0.15) is 11.6 Å². The first-order valence-corrected chi connectivity index (χ1v) is 12.9. The Morgan fingerprint density at radius 2 is 1.15 bits per heavy atom. The minimum atomic E-state index is -0.170. The SMILES string of the molecule is Fc1ccccc1CN[C@@H]1CCCC[C@H]1NCc1ccccc1F.[Cl][Pd][Cl]. The maximum absolute atomic E-state index is 13.8. The van der Waals surface area contributed by atoms with Crippen molar-refractivity contribution in [2.75, 3.05) is 0 Å². The molecule has 2 nitrogen and oxygen atoms in total. The van der Waals surface area contributed by atoms with Crippen LogP contribution in [0.1, 0.15) is 36.8 Å². The summed E-state index contributed by atoms with van der Waals surface area (Å²) >= 11 is -0.106. The van der Waals surface area contributed by atoms with E-state index in [2.05, 4.69) is 10.6 Å². The Kier molecular flexibility index (Phi) is 10.8. The molecule has 3 rings (SSSR count). The first kappa shape index (κ1) is 22.7. The van der Waals surface area contributed by atoms with Crippen LogP contribution in [0.25, 0.3) is 0 Å². The van der Waals surface area contributed by atoms with E-state index in [1.54, 1.807) is 12.1 Å². The van der Waals surface area contributed by atoms with Gasteiger partial charge in [-0.1, -0.05) is 49.2 Å². The molecule has 0 amide bonds. The molecular formula is C20H24Cl2F2N2Pd. The third kappa shape index (κ3) is 7.77. The Hall–Kier alpha value is -0.538. The van der Waals surface area contributed by atoms with Crippen molar-refractivity contribution in [1.82, 2.24) is 10.6 Å². The quantitative estimate of drug-likeness (QED) is 0.502. The average molecular weight is 508 g/mol. The molecule has 27 heavy (non-hydrogen) atoms. The second kappa shape index (κ2) is 12.8. The molecule has 0 radical (unpaired) electrons. The van der Waals surface area contributed by atoms with E-state index in [-0.39, 0.29) is 39.7 Å². The van der Waals surface area contributed by atoms with E-state index in [1.165, 1.54) is 25.0 Å². The number of nitrogens with one attached hydrogen (secondary N) is 2. The summed E-state index contributed by atoms with van der Waals surface area (Å²) in [5, 5.41) is 6.97. The summed E-state index contributed by atoms with van der Waals surface area (Å²) in [4.78, 5) is 0. The van der Waals surface area contributed by atoms with Crippen LogP contribution in [0.5, 0.6) is 0 Å². The van der Waals surface area contributed by atoms with Gasteiger partial charge >= 0.3 is 35.0 Å². The van der Waals surface area contributed by atoms with Crippen LogP contribution in [0.15, 0.2) is 48.5 Å². The van der Waals surface area contributed by atoms with Crippen molar-refractivity contribution in [3.63, 3.8) is 0 Å². The van der Waals surface area contributed by atoms with Crippen molar-refractivity contribution in [2.24, 2.45) is 0 Å². The molecule has 0 aromatic heterocycles. The third-order valence-corrected chi connectivity index (χ3v) is 4.79. The van der Waals surface area contributed by atoms with Gasteiger partial charge in [-0.15, -0.1) is 0 Å². The van der Waals surface area contributed by atoms with Gasteiger partial charge < -0.3 is 10.6 Å². The summed E-state index contributed by atoms with van der Waals surface area (Å²) in [5.41, 5.74) is 1.38. The van der Waals surface area contributed by atoms with Crippen LogP contribution < -0.4 is 10.6 Å². The Morgan fingerprint density at radius 1 is 0.778 bits per heavy atom. The summed E-state index contributed by atoms with van der Waals surface area (Å²) in [7, 11) is 9.63. The predicted octanol–water partition coefficient (Wildman–Crippen LogP) is 5.53. The van der Waals surface area contributed by atoms with E-state index in [9.17, 15) is 8.78 Å². The summed E-state index contributed by atoms with van der Waals surface area (Å²) in [5.74, 6) is -0.339. The molecule has 0 aliphatic heterocycles. The first-order chi connectivity index (χ1) is 13.2. The van der Waals surface area contributed by atoms with Crippen molar-refractivity contribution in [3.8, 4) is 0 Å². The monoisotopic (exact) mass is 506 g/mol. The predicted molar refractivity (Wildman–Crippen MR) is 104 cm³/mol. The molecule has 7 heteroatoms. The normalized spacial score (nSPS) is 19.4. The van der Waals surface area contributed by atoms with E-state index in [4.69, 9.17) is 19.1 Å². The van der Waals surface area contributed by atoms with Crippen molar-refractivity contribution < 1.29 is 24.7 Å². The second-order valence-corrected chi connectivity index (χ2v) is 8.85. The zero-order chi connectivity index (χ0) is 19.5. The molecule has 2 N–H and O–H groups in total. The van der Waals surface area contributed by atoms with E-state index in [0.717, 1.165) is 12.8 Å². The molecular weight excluding hydrogens is 484 g/mol. The molecule has 0 heterocycles. The summed E-state index contributed by atoms with van der Waals surface area (Å²) in [6, 6.07) is 14.3. The van der Waals surface area contributed by atoms with Crippen molar-refractivity contribution >= 4 is 19.1 Å². The van der Waals surface area contributed by atoms with Crippen LogP contribution in [0, 0.1) is 11.6 Å². The maximum atomic E-state index is 13.8. The molecule has 0 saturated heterocycles. The summed E-state index contributed by atoms with van der Waals surface area (Å²) in [6.07, 6.45) is 4.46. The van der Waals surface area contributed by atoms with Crippen LogP contribution in [-0.4, -0.2) is 12.1 Å². The van der Waals surface area contributed by atoms with Crippen molar-refractivity contribution in [2.45, 2.75) is 50.9 Å². The Morgan fingerprint density at radius 3 is 1.52 bits per heavy atom. The number of hydrogen-bond donors (Lipinski definition) is 2. The molecule has 2 aromatic rings. The van der Waals surface area contributed by atoms with Gasteiger partial charge in [0.05, 0.1) is 0 Å². The van der Waals surface area contributed by atoms with Crippen LogP contribution >= 0.6 is 19.1 Å². The summed E-state index contributed by atoms with van der Waals surface area (Å²) < 4.78 is 27.5. The van der Waals surface area contributed by atoms with Gasteiger partial charge in [-0.2, -0.15) is 0 Å². The van der Waals surface area contributed by atoms with Gasteiger partial charge in [-0.3, -0.25) is 0 Å². The first-order valence-electron chi connectivity index (χ1n) is 8.91. The zero-order valence-electron chi connectivity index (χ0n) is 14.8. The fourth-order valence-electron chi connectivity index (χ4n) is 3.39. The molecule has 2 aromatic carbocycles. The summed E-state index contributed by atoms with van der Waals surface area (Å²) in [6.45, 7) is 1.05. The van der Waals surface area contributed by atoms with Gasteiger partial charge in [0.15, 0.2) is 0 Å². The molecule has 1 aliphatic rings. The molecule has 1 fully saturated rings. The van der Waals surface area contributed by atoms with Gasteiger partial charge in [0, 0.05) is 36.3 Å². The third-order valence-electron chi connectivity index (χ3n) is 4.79. The van der Waals surface area contributed by atoms with Gasteiger partial charge in [-0.05, 0) is 25.0 Å². The molecule has 0 unspecified atom stereocenters. The molecule has 152 valence electrons. The van der Waals surface area contributed by atoms with E-state index in [0.29, 0.717) is 24.2 Å². The standard InChI is InChI=1S/C20H24F2N2.2ClH.Pd/c21-17-9-3-1-7-15(17)13-23-19-11-5-6-12-20(19)24-14-16-8-2-4-10-18(16)22;;;/h1-4,7-10,19-20,23-24H,5-6,11-14H2;2*1H;/q;;;+2/p-2/t19-,20-;;;/m1.../s1. The fourth-order valence-corrected chi connectivity index (χ4v) is 3.39. The van der Waals surface area contributed by atoms with Crippen LogP contribution in [-0.2, 0) is 29.0 Å². The topological polar surface area (TPSA) is 24.1 Å². The van der Waals surface area contributed by atoms with Gasteiger partial charge in [-0.25, -0.2) is 8.78 Å². The van der Waals surface area contributed by atoms with Gasteiger partial charge in [0.2, 0.25) is 0 Å². The van der Waals surface area contributed by atoms with Crippen LogP contribution in [0.2, 0.25) is 0 Å². The average Bonchev–Trinajstić information content (AvgIpc) is 2.68. The number of benzene rings is 2. The van der Waals surface area contributed by atoms with E-state index >= 15 is 0 Å². The molecule has 1 saturated carbocycles. The number of halogens is 4. The Labute approximate surface area is 176 Å². The van der Waals surface area contributed by atoms with Crippen molar-refractivity contribution in [1.29, 1.82) is 0 Å². The second-order valence-electron chi connectivity index (χ2n) is 6.49. The molecule has 1 aliphatic carbocycles. The van der Waals surface area contributed by atoms with E-state index < -0.39 is 0 Å². The minimum absolute atomic E-state index is 0.106. The Balaban J connectivity index is 0.000000817.